The molecule has 0 aliphatic rings. The van der Waals surface area contributed by atoms with E-state index in [2.05, 4.69) is 24.1 Å². The Hall–Kier alpha value is -4.00. The highest BCUT2D eigenvalue weighted by Crippen LogP contribution is 2.23. The van der Waals surface area contributed by atoms with E-state index in [0.29, 0.717) is 28.3 Å². The van der Waals surface area contributed by atoms with Crippen molar-refractivity contribution in [1.29, 1.82) is 0 Å². The molecule has 7 heteroatoms. The van der Waals surface area contributed by atoms with Crippen molar-refractivity contribution in [3.8, 4) is 11.5 Å². The second-order valence-corrected chi connectivity index (χ2v) is 11.4. The van der Waals surface area contributed by atoms with Crippen LogP contribution in [0.25, 0.3) is 0 Å². The Morgan fingerprint density at radius 1 is 0.578 bits per heavy atom. The zero-order valence-electron chi connectivity index (χ0n) is 27.3. The average molecular weight is 615 g/mol. The Balaban J connectivity index is 1.42. The standard InChI is InChI=1S/C38H50N2O5/c1-4-7-9-11-13-15-29-43-35-27-23-33(24-28-35)40-39-32-21-17-30(18-22-32)38(42)45-36-25-19-31(20-26-36)37(41)44-34(6-3)16-14-12-10-8-5-2/h17-28,34H,4-16,29H2,1-3H3/t34-/m0/s1. The van der Waals surface area contributed by atoms with Gasteiger partial charge < -0.3 is 14.2 Å². The molecular formula is C38H50N2O5. The molecule has 0 spiro atoms. The molecule has 1 atom stereocenters. The van der Waals surface area contributed by atoms with Crippen LogP contribution in [0.15, 0.2) is 83.0 Å². The van der Waals surface area contributed by atoms with Gasteiger partial charge in [0.1, 0.15) is 17.6 Å². The lowest BCUT2D eigenvalue weighted by Crippen LogP contribution is -2.17. The highest BCUT2D eigenvalue weighted by molar-refractivity contribution is 5.92. The van der Waals surface area contributed by atoms with Crippen LogP contribution in [0.3, 0.4) is 0 Å². The van der Waals surface area contributed by atoms with Crippen molar-refractivity contribution in [2.24, 2.45) is 10.2 Å². The molecule has 3 rings (SSSR count). The van der Waals surface area contributed by atoms with Crippen molar-refractivity contribution in [3.63, 3.8) is 0 Å². The van der Waals surface area contributed by atoms with Gasteiger partial charge in [-0.25, -0.2) is 9.59 Å². The van der Waals surface area contributed by atoms with Gasteiger partial charge in [0.05, 0.1) is 29.1 Å². The average Bonchev–Trinajstić information content (AvgIpc) is 3.07. The van der Waals surface area contributed by atoms with Gasteiger partial charge in [0, 0.05) is 0 Å². The minimum atomic E-state index is -0.500. The summed E-state index contributed by atoms with van der Waals surface area (Å²) in [4.78, 5) is 25.3. The molecule has 242 valence electrons. The maximum absolute atomic E-state index is 12.7. The lowest BCUT2D eigenvalue weighted by atomic mass is 10.1. The van der Waals surface area contributed by atoms with E-state index in [1.54, 1.807) is 48.5 Å². The molecule has 0 aliphatic heterocycles. The minimum Gasteiger partial charge on any atom is -0.494 e. The van der Waals surface area contributed by atoms with Gasteiger partial charge in [-0.1, -0.05) is 78.6 Å². The zero-order valence-corrected chi connectivity index (χ0v) is 27.3. The first-order chi connectivity index (χ1) is 22.0. The van der Waals surface area contributed by atoms with Gasteiger partial charge in [0.15, 0.2) is 0 Å². The summed E-state index contributed by atoms with van der Waals surface area (Å²) in [6, 6.07) is 20.7. The Morgan fingerprint density at radius 2 is 1.07 bits per heavy atom. The van der Waals surface area contributed by atoms with Gasteiger partial charge in [-0.2, -0.15) is 10.2 Å². The molecule has 0 radical (unpaired) electrons. The van der Waals surface area contributed by atoms with E-state index in [0.717, 1.165) is 38.0 Å². The first-order valence-corrected chi connectivity index (χ1v) is 16.8. The SMILES string of the molecule is CCCCCCCCOc1ccc(N=Nc2ccc(C(=O)Oc3ccc(C(=O)O[C@@H](CC)CCCCCCC)cc3)cc2)cc1. The van der Waals surface area contributed by atoms with E-state index in [1.807, 2.05) is 31.2 Å². The number of azo groups is 1. The van der Waals surface area contributed by atoms with Crippen LogP contribution in [0.4, 0.5) is 11.4 Å². The largest absolute Gasteiger partial charge is 0.494 e. The van der Waals surface area contributed by atoms with Gasteiger partial charge in [-0.05, 0) is 98.5 Å². The van der Waals surface area contributed by atoms with Crippen LogP contribution >= 0.6 is 0 Å². The monoisotopic (exact) mass is 614 g/mol. The summed E-state index contributed by atoms with van der Waals surface area (Å²) in [6.07, 6.45) is 14.9. The molecule has 0 fully saturated rings. The maximum Gasteiger partial charge on any atom is 0.343 e. The number of esters is 2. The van der Waals surface area contributed by atoms with Crippen LogP contribution in [0.2, 0.25) is 0 Å². The lowest BCUT2D eigenvalue weighted by Gasteiger charge is -2.16. The number of ether oxygens (including phenoxy) is 3. The molecule has 0 saturated carbocycles. The first kappa shape index (κ1) is 35.5. The summed E-state index contributed by atoms with van der Waals surface area (Å²) < 4.78 is 17.0. The number of benzene rings is 3. The molecule has 0 bridgehead atoms. The molecule has 3 aromatic rings. The van der Waals surface area contributed by atoms with Crippen LogP contribution in [-0.4, -0.2) is 24.6 Å². The predicted molar refractivity (Wildman–Crippen MR) is 180 cm³/mol. The number of unbranched alkanes of at least 4 members (excludes halogenated alkanes) is 9. The van der Waals surface area contributed by atoms with E-state index in [9.17, 15) is 9.59 Å². The molecule has 0 saturated heterocycles. The molecule has 0 aliphatic carbocycles. The fourth-order valence-electron chi connectivity index (χ4n) is 4.83. The number of carbonyl (C=O) groups is 2. The first-order valence-electron chi connectivity index (χ1n) is 16.8. The number of nitrogens with zero attached hydrogens (tertiary/aromatic N) is 2. The normalized spacial score (nSPS) is 11.8. The van der Waals surface area contributed by atoms with Gasteiger partial charge >= 0.3 is 11.9 Å². The Kier molecular flexibility index (Phi) is 16.4. The van der Waals surface area contributed by atoms with E-state index < -0.39 is 5.97 Å². The van der Waals surface area contributed by atoms with Crippen molar-refractivity contribution in [1.82, 2.24) is 0 Å². The van der Waals surface area contributed by atoms with Crippen LogP contribution < -0.4 is 9.47 Å². The second kappa shape index (κ2) is 20.9. The molecular weight excluding hydrogens is 564 g/mol. The highest BCUT2D eigenvalue weighted by atomic mass is 16.5. The smallest absolute Gasteiger partial charge is 0.343 e. The Labute approximate surface area is 269 Å². The van der Waals surface area contributed by atoms with Crippen molar-refractivity contribution in [2.45, 2.75) is 110 Å². The molecule has 45 heavy (non-hydrogen) atoms. The molecule has 0 aromatic heterocycles. The highest BCUT2D eigenvalue weighted by Gasteiger charge is 2.15. The fourth-order valence-corrected chi connectivity index (χ4v) is 4.83. The number of hydrogen-bond acceptors (Lipinski definition) is 7. The third-order valence-corrected chi connectivity index (χ3v) is 7.65. The number of rotatable bonds is 21. The van der Waals surface area contributed by atoms with E-state index in [1.165, 1.54) is 57.8 Å². The van der Waals surface area contributed by atoms with E-state index in [4.69, 9.17) is 14.2 Å². The van der Waals surface area contributed by atoms with Crippen molar-refractivity contribution >= 4 is 23.3 Å². The molecule has 0 amide bonds. The summed E-state index contributed by atoms with van der Waals surface area (Å²) >= 11 is 0. The van der Waals surface area contributed by atoms with E-state index >= 15 is 0 Å². The maximum atomic E-state index is 12.7. The zero-order chi connectivity index (χ0) is 32.1. The Bertz CT molecular complexity index is 1290. The molecule has 3 aromatic carbocycles. The van der Waals surface area contributed by atoms with Gasteiger partial charge in [0.25, 0.3) is 0 Å². The minimum absolute atomic E-state index is 0.0844. The summed E-state index contributed by atoms with van der Waals surface area (Å²) in [7, 11) is 0. The van der Waals surface area contributed by atoms with Gasteiger partial charge in [0.2, 0.25) is 0 Å². The predicted octanol–water partition coefficient (Wildman–Crippen LogP) is 11.4. The van der Waals surface area contributed by atoms with Crippen LogP contribution in [0.5, 0.6) is 11.5 Å². The van der Waals surface area contributed by atoms with Crippen molar-refractivity contribution < 1.29 is 23.8 Å². The molecule has 0 N–H and O–H groups in total. The lowest BCUT2D eigenvalue weighted by molar-refractivity contribution is 0.0267. The summed E-state index contributed by atoms with van der Waals surface area (Å²) in [6.45, 7) is 7.18. The molecule has 7 nitrogen and oxygen atoms in total. The van der Waals surface area contributed by atoms with Crippen LogP contribution in [-0.2, 0) is 4.74 Å². The third-order valence-electron chi connectivity index (χ3n) is 7.65. The Morgan fingerprint density at radius 3 is 1.67 bits per heavy atom. The molecule has 0 unspecified atom stereocenters. The third kappa shape index (κ3) is 13.7. The summed E-state index contributed by atoms with van der Waals surface area (Å²) in [5, 5.41) is 8.55. The van der Waals surface area contributed by atoms with Crippen LogP contribution in [0, 0.1) is 0 Å². The molecule has 0 heterocycles. The number of carbonyl (C=O) groups excluding carboxylic acids is 2. The second-order valence-electron chi connectivity index (χ2n) is 11.4. The van der Waals surface area contributed by atoms with Crippen molar-refractivity contribution in [3.05, 3.63) is 83.9 Å². The van der Waals surface area contributed by atoms with Crippen LogP contribution in [0.1, 0.15) is 125 Å². The van der Waals surface area contributed by atoms with E-state index in [-0.39, 0.29) is 12.1 Å². The van der Waals surface area contributed by atoms with Crippen molar-refractivity contribution in [2.75, 3.05) is 6.61 Å². The summed E-state index contributed by atoms with van der Waals surface area (Å²) in [5.74, 6) is 0.321. The quantitative estimate of drug-likeness (QED) is 0.0515. The summed E-state index contributed by atoms with van der Waals surface area (Å²) in [5.41, 5.74) is 2.15. The fraction of sp³-hybridized carbons (Fsp3) is 0.474. The number of hydrogen-bond donors (Lipinski definition) is 0. The van der Waals surface area contributed by atoms with Gasteiger partial charge in [-0.3, -0.25) is 0 Å². The van der Waals surface area contributed by atoms with Gasteiger partial charge in [-0.15, -0.1) is 0 Å². The topological polar surface area (TPSA) is 86.5 Å².